The molecule has 0 fully saturated rings. The number of hydrogen-bond donors (Lipinski definition) is 1. The molecule has 0 radical (unpaired) electrons. The van der Waals surface area contributed by atoms with Crippen LogP contribution >= 0.6 is 0 Å². The fraction of sp³-hybridized carbons (Fsp3) is 1.00. The molecule has 1 atom stereocenters. The summed E-state index contributed by atoms with van der Waals surface area (Å²) in [6, 6.07) is 0.687. The average molecular weight is 228 g/mol. The molecule has 16 heavy (non-hydrogen) atoms. The standard InChI is InChI=1S/C14H32N2/c1-7-8-9-12-16(6)13(2)10-11-15-14(3,4)5/h13,15H,7-12H2,1-6H3. The molecule has 2 nitrogen and oxygen atoms in total. The van der Waals surface area contributed by atoms with Gasteiger partial charge in [0.2, 0.25) is 0 Å². The lowest BCUT2D eigenvalue weighted by Gasteiger charge is -2.27. The Morgan fingerprint density at radius 1 is 1.19 bits per heavy atom. The van der Waals surface area contributed by atoms with Gasteiger partial charge in [-0.2, -0.15) is 0 Å². The van der Waals surface area contributed by atoms with Gasteiger partial charge in [-0.3, -0.25) is 0 Å². The minimum atomic E-state index is 0.250. The number of nitrogens with one attached hydrogen (secondary N) is 1. The zero-order chi connectivity index (χ0) is 12.6. The second-order valence-electron chi connectivity index (χ2n) is 6.00. The maximum Gasteiger partial charge on any atom is 0.00965 e. The Hall–Kier alpha value is -0.0800. The second kappa shape index (κ2) is 8.08. The predicted molar refractivity (Wildman–Crippen MR) is 74.0 cm³/mol. The van der Waals surface area contributed by atoms with Crippen molar-refractivity contribution in [2.75, 3.05) is 20.1 Å². The summed E-state index contributed by atoms with van der Waals surface area (Å²) in [6.45, 7) is 13.6. The third-order valence-electron chi connectivity index (χ3n) is 3.08. The fourth-order valence-electron chi connectivity index (χ4n) is 1.71. The van der Waals surface area contributed by atoms with E-state index in [1.54, 1.807) is 0 Å². The Morgan fingerprint density at radius 2 is 1.81 bits per heavy atom. The molecule has 0 aromatic carbocycles. The van der Waals surface area contributed by atoms with Crippen molar-refractivity contribution >= 4 is 0 Å². The molecule has 0 aliphatic carbocycles. The maximum atomic E-state index is 3.55. The number of hydrogen-bond acceptors (Lipinski definition) is 2. The van der Waals surface area contributed by atoms with Crippen molar-refractivity contribution < 1.29 is 0 Å². The van der Waals surface area contributed by atoms with Gasteiger partial charge >= 0.3 is 0 Å². The van der Waals surface area contributed by atoms with Gasteiger partial charge in [-0.25, -0.2) is 0 Å². The Morgan fingerprint density at radius 3 is 2.31 bits per heavy atom. The normalized spacial score (nSPS) is 14.4. The SMILES string of the molecule is CCCCCN(C)C(C)CCNC(C)(C)C. The van der Waals surface area contributed by atoms with Crippen LogP contribution in [0, 0.1) is 0 Å². The molecular weight excluding hydrogens is 196 g/mol. The predicted octanol–water partition coefficient (Wildman–Crippen LogP) is 3.28. The van der Waals surface area contributed by atoms with Crippen LogP contribution in [0.5, 0.6) is 0 Å². The lowest BCUT2D eigenvalue weighted by molar-refractivity contribution is 0.234. The van der Waals surface area contributed by atoms with Gasteiger partial charge in [-0.05, 0) is 60.7 Å². The van der Waals surface area contributed by atoms with Crippen molar-refractivity contribution in [3.63, 3.8) is 0 Å². The molecule has 0 rings (SSSR count). The first-order valence-corrected chi connectivity index (χ1v) is 6.82. The Balaban J connectivity index is 3.58. The van der Waals surface area contributed by atoms with Gasteiger partial charge in [0.1, 0.15) is 0 Å². The van der Waals surface area contributed by atoms with E-state index in [-0.39, 0.29) is 5.54 Å². The van der Waals surface area contributed by atoms with E-state index in [0.717, 1.165) is 6.54 Å². The molecule has 0 aliphatic heterocycles. The molecule has 0 saturated heterocycles. The maximum absolute atomic E-state index is 3.55. The summed E-state index contributed by atoms with van der Waals surface area (Å²) in [6.07, 6.45) is 5.25. The summed E-state index contributed by atoms with van der Waals surface area (Å²) in [5, 5.41) is 3.55. The summed E-state index contributed by atoms with van der Waals surface area (Å²) in [5.74, 6) is 0. The molecule has 0 saturated carbocycles. The van der Waals surface area contributed by atoms with Crippen LogP contribution in [0.1, 0.15) is 60.3 Å². The zero-order valence-corrected chi connectivity index (χ0v) is 12.3. The van der Waals surface area contributed by atoms with Gasteiger partial charge in [0.05, 0.1) is 0 Å². The highest BCUT2D eigenvalue weighted by molar-refractivity contribution is 4.72. The molecule has 0 bridgehead atoms. The van der Waals surface area contributed by atoms with E-state index in [2.05, 4.69) is 51.9 Å². The second-order valence-corrected chi connectivity index (χ2v) is 6.00. The smallest absolute Gasteiger partial charge is 0.00965 e. The summed E-state index contributed by atoms with van der Waals surface area (Å²) >= 11 is 0. The van der Waals surface area contributed by atoms with E-state index in [1.807, 2.05) is 0 Å². The molecule has 0 aromatic heterocycles. The largest absolute Gasteiger partial charge is 0.312 e. The summed E-state index contributed by atoms with van der Waals surface area (Å²) in [7, 11) is 2.25. The number of unbranched alkanes of at least 4 members (excludes halogenated alkanes) is 2. The first-order valence-electron chi connectivity index (χ1n) is 6.82. The third-order valence-corrected chi connectivity index (χ3v) is 3.08. The van der Waals surface area contributed by atoms with E-state index in [0.29, 0.717) is 6.04 Å². The third kappa shape index (κ3) is 9.17. The molecule has 0 spiro atoms. The van der Waals surface area contributed by atoms with Gasteiger partial charge < -0.3 is 10.2 Å². The zero-order valence-electron chi connectivity index (χ0n) is 12.3. The Bertz CT molecular complexity index is 161. The minimum absolute atomic E-state index is 0.250. The van der Waals surface area contributed by atoms with Crippen LogP contribution in [0.3, 0.4) is 0 Å². The summed E-state index contributed by atoms with van der Waals surface area (Å²) < 4.78 is 0. The fourth-order valence-corrected chi connectivity index (χ4v) is 1.71. The van der Waals surface area contributed by atoms with Crippen molar-refractivity contribution in [2.45, 2.75) is 71.9 Å². The van der Waals surface area contributed by atoms with Crippen molar-refractivity contribution in [1.82, 2.24) is 10.2 Å². The van der Waals surface area contributed by atoms with Crippen LogP contribution in [0.4, 0.5) is 0 Å². The van der Waals surface area contributed by atoms with E-state index >= 15 is 0 Å². The average Bonchev–Trinajstić information content (AvgIpc) is 2.15. The van der Waals surface area contributed by atoms with Gasteiger partial charge in [0.25, 0.3) is 0 Å². The van der Waals surface area contributed by atoms with Crippen LogP contribution in [0.2, 0.25) is 0 Å². The van der Waals surface area contributed by atoms with E-state index in [4.69, 9.17) is 0 Å². The van der Waals surface area contributed by atoms with Crippen molar-refractivity contribution in [3.05, 3.63) is 0 Å². The molecule has 1 unspecified atom stereocenters. The Labute approximate surface area is 103 Å². The minimum Gasteiger partial charge on any atom is -0.312 e. The van der Waals surface area contributed by atoms with E-state index < -0.39 is 0 Å². The van der Waals surface area contributed by atoms with E-state index in [9.17, 15) is 0 Å². The lowest BCUT2D eigenvalue weighted by atomic mass is 10.1. The van der Waals surface area contributed by atoms with Gasteiger partial charge in [0.15, 0.2) is 0 Å². The van der Waals surface area contributed by atoms with E-state index in [1.165, 1.54) is 32.2 Å². The molecular formula is C14H32N2. The van der Waals surface area contributed by atoms with Crippen LogP contribution < -0.4 is 5.32 Å². The summed E-state index contributed by atoms with van der Waals surface area (Å²) in [5.41, 5.74) is 0.250. The number of nitrogens with zero attached hydrogens (tertiary/aromatic N) is 1. The first-order chi connectivity index (χ1) is 7.37. The van der Waals surface area contributed by atoms with Crippen molar-refractivity contribution in [3.8, 4) is 0 Å². The number of rotatable bonds is 8. The van der Waals surface area contributed by atoms with Crippen LogP contribution in [-0.2, 0) is 0 Å². The molecule has 1 N–H and O–H groups in total. The molecule has 0 aromatic rings. The van der Waals surface area contributed by atoms with Crippen LogP contribution in [-0.4, -0.2) is 36.6 Å². The molecule has 98 valence electrons. The van der Waals surface area contributed by atoms with Gasteiger partial charge in [-0.15, -0.1) is 0 Å². The van der Waals surface area contributed by atoms with Crippen molar-refractivity contribution in [2.24, 2.45) is 0 Å². The van der Waals surface area contributed by atoms with Gasteiger partial charge in [-0.1, -0.05) is 19.8 Å². The highest BCUT2D eigenvalue weighted by Crippen LogP contribution is 2.05. The van der Waals surface area contributed by atoms with Crippen molar-refractivity contribution in [1.29, 1.82) is 0 Å². The molecule has 0 heterocycles. The summed E-state index contributed by atoms with van der Waals surface area (Å²) in [4.78, 5) is 2.49. The topological polar surface area (TPSA) is 15.3 Å². The lowest BCUT2D eigenvalue weighted by Crippen LogP contribution is -2.39. The van der Waals surface area contributed by atoms with Crippen LogP contribution in [0.15, 0.2) is 0 Å². The first kappa shape index (κ1) is 15.9. The highest BCUT2D eigenvalue weighted by Gasteiger charge is 2.11. The quantitative estimate of drug-likeness (QED) is 0.641. The van der Waals surface area contributed by atoms with Gasteiger partial charge in [0, 0.05) is 11.6 Å². The highest BCUT2D eigenvalue weighted by atomic mass is 15.1. The molecule has 2 heteroatoms. The molecule has 0 amide bonds. The Kier molecular flexibility index (Phi) is 8.04. The van der Waals surface area contributed by atoms with Crippen LogP contribution in [0.25, 0.3) is 0 Å². The monoisotopic (exact) mass is 228 g/mol. The molecule has 0 aliphatic rings.